The lowest BCUT2D eigenvalue weighted by atomic mass is 10.1. The van der Waals surface area contributed by atoms with E-state index in [0.29, 0.717) is 0 Å². The maximum Gasteiger partial charge on any atom is 0.0462 e. The Bertz CT molecular complexity index is 86.7. The molecule has 0 atom stereocenters. The number of hydrogen-bond donors (Lipinski definition) is 0. The van der Waals surface area contributed by atoms with Crippen molar-refractivity contribution in [1.29, 1.82) is 5.26 Å². The van der Waals surface area contributed by atoms with Gasteiger partial charge in [0, 0.05) is 6.57 Å². The molecule has 0 rings (SSSR count). The molecule has 0 aromatic rings. The van der Waals surface area contributed by atoms with Crippen molar-refractivity contribution in [3.8, 4) is 6.57 Å². The first-order chi connectivity index (χ1) is 6.91. The summed E-state index contributed by atoms with van der Waals surface area (Å²) in [7, 11) is 0. The maximum atomic E-state index is 6.50. The first kappa shape index (κ1) is 15.9. The van der Waals surface area contributed by atoms with Crippen LogP contribution in [0.1, 0.15) is 78.1 Å². The first-order valence-corrected chi connectivity index (χ1v) is 6.17. The van der Waals surface area contributed by atoms with E-state index in [0.717, 1.165) is 0 Å². The molecule has 0 saturated carbocycles. The van der Waals surface area contributed by atoms with Crippen molar-refractivity contribution in [3.05, 3.63) is 0 Å². The highest BCUT2D eigenvalue weighted by molar-refractivity contribution is 4.45. The van der Waals surface area contributed by atoms with Crippen LogP contribution >= 0.6 is 0 Å². The summed E-state index contributed by atoms with van der Waals surface area (Å²) in [4.78, 5) is 0. The van der Waals surface area contributed by atoms with E-state index in [2.05, 4.69) is 20.4 Å². The molecule has 1 heteroatoms. The highest BCUT2D eigenvalue weighted by atomic mass is 14.2. The molecule has 14 heavy (non-hydrogen) atoms. The van der Waals surface area contributed by atoms with Gasteiger partial charge < -0.3 is 0 Å². The van der Waals surface area contributed by atoms with Gasteiger partial charge in [-0.1, -0.05) is 78.1 Å². The molecule has 0 aliphatic rings. The molecule has 0 unspecified atom stereocenters. The summed E-state index contributed by atoms with van der Waals surface area (Å²) >= 11 is 0. The summed E-state index contributed by atoms with van der Waals surface area (Å²) in [5.41, 5.74) is 0. The number of hydrogen-bond acceptors (Lipinski definition) is 1. The molecule has 0 aromatic heterocycles. The fourth-order valence-corrected chi connectivity index (χ4v) is 1.56. The smallest absolute Gasteiger partial charge is 0.0462 e. The summed E-state index contributed by atoms with van der Waals surface area (Å²) in [6.07, 6.45) is 14.4. The zero-order chi connectivity index (χ0) is 11.1. The van der Waals surface area contributed by atoms with Gasteiger partial charge in [-0.2, -0.15) is 0 Å². The third kappa shape index (κ3) is 17.5. The van der Waals surface area contributed by atoms with Crippen LogP contribution in [0.4, 0.5) is 0 Å². The summed E-state index contributed by atoms with van der Waals surface area (Å²) in [5, 5.41) is 6.50. The molecule has 84 valence electrons. The molecule has 0 aliphatic carbocycles. The van der Waals surface area contributed by atoms with E-state index < -0.39 is 0 Å². The number of rotatable bonds is 9. The van der Waals surface area contributed by atoms with Crippen LogP contribution in [0.25, 0.3) is 0 Å². The third-order valence-corrected chi connectivity index (χ3v) is 2.46. The molecule has 0 spiro atoms. The molecule has 0 saturated heterocycles. The van der Waals surface area contributed by atoms with Gasteiger partial charge in [0.1, 0.15) is 0 Å². The molecule has 0 heterocycles. The quantitative estimate of drug-likeness (QED) is 0.473. The maximum absolute atomic E-state index is 6.50. The van der Waals surface area contributed by atoms with E-state index >= 15 is 0 Å². The van der Waals surface area contributed by atoms with Gasteiger partial charge in [-0.3, -0.25) is 0 Å². The zero-order valence-electron chi connectivity index (χ0n) is 10.1. The Hall–Kier alpha value is -0.510. The minimum atomic E-state index is 1.37. The van der Waals surface area contributed by atoms with Crippen LogP contribution < -0.4 is 0 Å². The Labute approximate surface area is 90.5 Å². The molecule has 0 fully saturated rings. The van der Waals surface area contributed by atoms with Crippen LogP contribution in [-0.4, -0.2) is 0 Å². The average Bonchev–Trinajstić information content (AvgIpc) is 2.25. The van der Waals surface area contributed by atoms with Crippen LogP contribution in [0.5, 0.6) is 0 Å². The molecule has 0 aromatic carbocycles. The molecule has 0 amide bonds. The average molecular weight is 197 g/mol. The normalized spacial score (nSPS) is 9.14. The van der Waals surface area contributed by atoms with Gasteiger partial charge >= 0.3 is 0 Å². The molecule has 0 radical (unpaired) electrons. The monoisotopic (exact) mass is 197 g/mol. The van der Waals surface area contributed by atoms with Gasteiger partial charge in [-0.15, -0.1) is 0 Å². The summed E-state index contributed by atoms with van der Waals surface area (Å²) in [5.74, 6) is 0. The zero-order valence-corrected chi connectivity index (χ0v) is 10.1. The molecular weight excluding hydrogens is 170 g/mol. The number of nitrogens with zero attached hydrogens (tertiary/aromatic N) is 1. The van der Waals surface area contributed by atoms with Gasteiger partial charge in [0.05, 0.1) is 0 Å². The van der Waals surface area contributed by atoms with Crippen LogP contribution in [0.2, 0.25) is 0 Å². The second kappa shape index (κ2) is 18.3. The molecule has 1 nitrogen and oxygen atoms in total. The number of nitriles is 1. The number of unbranched alkanes of at least 4 members (excludes halogenated alkanes) is 9. The Morgan fingerprint density at radius 3 is 1.00 bits per heavy atom. The van der Waals surface area contributed by atoms with E-state index in [9.17, 15) is 0 Å². The largest absolute Gasteiger partial charge is 0.202 e. The Kier molecular flexibility index (Phi) is 20.8. The minimum Gasteiger partial charge on any atom is -0.202 e. The standard InChI is InChI=1S/C12H26.CHN/c1-3-5-7-9-11-12-10-8-6-4-2;1-2/h3-12H2,1-2H3;1H. The SMILES string of the molecule is C#N.CCCCCCCCCCCC. The van der Waals surface area contributed by atoms with Crippen LogP contribution in [0.15, 0.2) is 0 Å². The second-order valence-electron chi connectivity index (χ2n) is 3.83. The highest BCUT2D eigenvalue weighted by Gasteiger charge is 1.90. The fraction of sp³-hybridized carbons (Fsp3) is 0.923. The van der Waals surface area contributed by atoms with Gasteiger partial charge in [-0.05, 0) is 0 Å². The van der Waals surface area contributed by atoms with Crippen molar-refractivity contribution in [2.24, 2.45) is 0 Å². The summed E-state index contributed by atoms with van der Waals surface area (Å²) < 4.78 is 0. The summed E-state index contributed by atoms with van der Waals surface area (Å²) in [6.45, 7) is 8.06. The predicted molar refractivity (Wildman–Crippen MR) is 64.2 cm³/mol. The lowest BCUT2D eigenvalue weighted by Crippen LogP contribution is -1.80. The Morgan fingerprint density at radius 1 is 0.571 bits per heavy atom. The van der Waals surface area contributed by atoms with Crippen molar-refractivity contribution in [1.82, 2.24) is 0 Å². The Morgan fingerprint density at radius 2 is 0.786 bits per heavy atom. The van der Waals surface area contributed by atoms with Crippen LogP contribution in [0, 0.1) is 11.8 Å². The van der Waals surface area contributed by atoms with Gasteiger partial charge in [-0.25, -0.2) is 5.26 Å². The third-order valence-electron chi connectivity index (χ3n) is 2.46. The lowest BCUT2D eigenvalue weighted by Gasteiger charge is -1.99. The van der Waals surface area contributed by atoms with Crippen molar-refractivity contribution in [3.63, 3.8) is 0 Å². The van der Waals surface area contributed by atoms with Crippen molar-refractivity contribution in [2.75, 3.05) is 0 Å². The van der Waals surface area contributed by atoms with Crippen LogP contribution in [-0.2, 0) is 0 Å². The molecular formula is C13H27N. The van der Waals surface area contributed by atoms with Gasteiger partial charge in [0.25, 0.3) is 0 Å². The van der Waals surface area contributed by atoms with E-state index in [4.69, 9.17) is 5.26 Å². The van der Waals surface area contributed by atoms with Crippen molar-refractivity contribution in [2.45, 2.75) is 78.1 Å². The fourth-order valence-electron chi connectivity index (χ4n) is 1.56. The van der Waals surface area contributed by atoms with Crippen molar-refractivity contribution < 1.29 is 0 Å². The molecule has 0 N–H and O–H groups in total. The van der Waals surface area contributed by atoms with Crippen molar-refractivity contribution >= 4 is 0 Å². The predicted octanol–water partition coefficient (Wildman–Crippen LogP) is 5.07. The molecule has 0 bridgehead atoms. The highest BCUT2D eigenvalue weighted by Crippen LogP contribution is 2.09. The topological polar surface area (TPSA) is 23.8 Å². The second-order valence-corrected chi connectivity index (χ2v) is 3.83. The summed E-state index contributed by atoms with van der Waals surface area (Å²) in [6, 6.07) is 0. The van der Waals surface area contributed by atoms with E-state index in [-0.39, 0.29) is 0 Å². The van der Waals surface area contributed by atoms with Gasteiger partial charge in [0.2, 0.25) is 0 Å². The Balaban J connectivity index is 0. The first-order valence-electron chi connectivity index (χ1n) is 6.17. The van der Waals surface area contributed by atoms with Gasteiger partial charge in [0.15, 0.2) is 0 Å². The minimum absolute atomic E-state index is 1.37. The van der Waals surface area contributed by atoms with E-state index in [1.165, 1.54) is 64.2 Å². The van der Waals surface area contributed by atoms with E-state index in [1.807, 2.05) is 0 Å². The van der Waals surface area contributed by atoms with E-state index in [1.54, 1.807) is 0 Å². The lowest BCUT2D eigenvalue weighted by molar-refractivity contribution is 0.562. The molecule has 0 aliphatic heterocycles. The van der Waals surface area contributed by atoms with Crippen LogP contribution in [0.3, 0.4) is 0 Å².